The van der Waals surface area contributed by atoms with Crippen LogP contribution in [0.3, 0.4) is 0 Å². The third kappa shape index (κ3) is 1.87. The van der Waals surface area contributed by atoms with Crippen LogP contribution in [0, 0.1) is 17.8 Å². The highest BCUT2D eigenvalue weighted by atomic mass is 28.1. The minimum absolute atomic E-state index is 0.487. The van der Waals surface area contributed by atoms with Crippen LogP contribution in [0.15, 0.2) is 24.3 Å². The molecule has 17 heavy (non-hydrogen) atoms. The third-order valence-corrected chi connectivity index (χ3v) is 5.76. The monoisotopic (exact) mass is 246 g/mol. The first-order chi connectivity index (χ1) is 8.07. The van der Waals surface area contributed by atoms with Crippen LogP contribution < -0.4 is 5.19 Å². The molecule has 0 saturated heterocycles. The molecular formula is C15H22OSi. The highest BCUT2D eigenvalue weighted by Gasteiger charge is 2.48. The molecule has 0 amide bonds. The van der Waals surface area contributed by atoms with Crippen molar-refractivity contribution in [2.45, 2.75) is 38.2 Å². The van der Waals surface area contributed by atoms with Crippen molar-refractivity contribution in [3.8, 4) is 0 Å². The van der Waals surface area contributed by atoms with Gasteiger partial charge in [0.1, 0.15) is 0 Å². The van der Waals surface area contributed by atoms with Gasteiger partial charge in [-0.05, 0) is 49.5 Å². The van der Waals surface area contributed by atoms with Crippen molar-refractivity contribution in [3.05, 3.63) is 29.8 Å². The number of aliphatic hydroxyl groups is 1. The number of hydrogen-bond donors (Lipinski definition) is 1. The quantitative estimate of drug-likeness (QED) is 0.781. The smallest absolute Gasteiger partial charge is 0.0899 e. The highest BCUT2D eigenvalue weighted by Crippen LogP contribution is 2.54. The lowest BCUT2D eigenvalue weighted by Gasteiger charge is -2.36. The standard InChI is InChI=1S/C15H22OSi/c1-15(16,12-4-6-13(17)7-5-12)14-9-10-2-3-11(14)8-10/h4-7,10-11,14,16H,2-3,8-9H2,1,17H3. The molecule has 4 unspecified atom stereocenters. The van der Waals surface area contributed by atoms with Gasteiger partial charge in [0.05, 0.1) is 5.60 Å². The minimum atomic E-state index is -0.616. The second-order valence-electron chi connectivity index (χ2n) is 6.29. The molecule has 4 atom stereocenters. The molecule has 1 aromatic rings. The summed E-state index contributed by atoms with van der Waals surface area (Å²) in [5, 5.41) is 12.3. The zero-order chi connectivity index (χ0) is 12.0. The Morgan fingerprint density at radius 1 is 1.18 bits per heavy atom. The first-order valence-electron chi connectivity index (χ1n) is 6.87. The van der Waals surface area contributed by atoms with Crippen molar-refractivity contribution >= 4 is 15.4 Å². The Hall–Kier alpha value is -0.603. The second kappa shape index (κ2) is 3.96. The van der Waals surface area contributed by atoms with Gasteiger partial charge < -0.3 is 5.11 Å². The van der Waals surface area contributed by atoms with Gasteiger partial charge in [0.2, 0.25) is 0 Å². The van der Waals surface area contributed by atoms with E-state index in [-0.39, 0.29) is 0 Å². The van der Waals surface area contributed by atoms with Gasteiger partial charge >= 0.3 is 0 Å². The van der Waals surface area contributed by atoms with Gasteiger partial charge in [-0.25, -0.2) is 0 Å². The molecule has 2 heteroatoms. The summed E-state index contributed by atoms with van der Waals surface area (Å²) in [6.07, 6.45) is 5.33. The molecule has 0 heterocycles. The maximum atomic E-state index is 10.9. The fourth-order valence-corrected chi connectivity index (χ4v) is 4.37. The van der Waals surface area contributed by atoms with Crippen molar-refractivity contribution in [1.82, 2.24) is 0 Å². The predicted octanol–water partition coefficient (Wildman–Crippen LogP) is 1.32. The van der Waals surface area contributed by atoms with E-state index < -0.39 is 5.60 Å². The maximum absolute atomic E-state index is 10.9. The lowest BCUT2D eigenvalue weighted by Crippen LogP contribution is -2.35. The Bertz CT molecular complexity index is 409. The van der Waals surface area contributed by atoms with E-state index in [1.165, 1.54) is 30.9 Å². The molecule has 1 nitrogen and oxygen atoms in total. The molecule has 0 aromatic heterocycles. The van der Waals surface area contributed by atoms with Crippen LogP contribution in [0.5, 0.6) is 0 Å². The topological polar surface area (TPSA) is 20.2 Å². The molecule has 3 rings (SSSR count). The minimum Gasteiger partial charge on any atom is -0.385 e. The van der Waals surface area contributed by atoms with E-state index in [4.69, 9.17) is 0 Å². The van der Waals surface area contributed by atoms with Crippen LogP contribution in [0.4, 0.5) is 0 Å². The largest absolute Gasteiger partial charge is 0.385 e. The molecule has 2 aliphatic carbocycles. The summed E-state index contributed by atoms with van der Waals surface area (Å²) < 4.78 is 0. The first kappa shape index (κ1) is 11.5. The van der Waals surface area contributed by atoms with Crippen LogP contribution in [0.25, 0.3) is 0 Å². The second-order valence-corrected chi connectivity index (χ2v) is 7.45. The van der Waals surface area contributed by atoms with E-state index in [2.05, 4.69) is 24.3 Å². The van der Waals surface area contributed by atoms with Crippen LogP contribution in [-0.2, 0) is 5.60 Å². The summed E-state index contributed by atoms with van der Waals surface area (Å²) >= 11 is 0. The van der Waals surface area contributed by atoms with Crippen molar-refractivity contribution < 1.29 is 5.11 Å². The Kier molecular flexibility index (Phi) is 2.67. The molecule has 0 radical (unpaired) electrons. The van der Waals surface area contributed by atoms with Crippen molar-refractivity contribution in [1.29, 1.82) is 0 Å². The van der Waals surface area contributed by atoms with E-state index >= 15 is 0 Å². The Balaban J connectivity index is 1.87. The highest BCUT2D eigenvalue weighted by molar-refractivity contribution is 6.32. The van der Waals surface area contributed by atoms with E-state index in [1.54, 1.807) is 0 Å². The zero-order valence-corrected chi connectivity index (χ0v) is 12.8. The summed E-state index contributed by atoms with van der Waals surface area (Å²) in [6, 6.07) is 8.61. The summed E-state index contributed by atoms with van der Waals surface area (Å²) in [7, 11) is 1.09. The molecule has 1 N–H and O–H groups in total. The van der Waals surface area contributed by atoms with Crippen LogP contribution in [0.1, 0.15) is 38.2 Å². The van der Waals surface area contributed by atoms with Gasteiger partial charge in [0.25, 0.3) is 0 Å². The van der Waals surface area contributed by atoms with Gasteiger partial charge in [-0.15, -0.1) is 0 Å². The van der Waals surface area contributed by atoms with Gasteiger partial charge in [-0.3, -0.25) is 0 Å². The fourth-order valence-electron chi connectivity index (χ4n) is 4.04. The van der Waals surface area contributed by atoms with Crippen molar-refractivity contribution in [2.24, 2.45) is 17.8 Å². The van der Waals surface area contributed by atoms with E-state index in [9.17, 15) is 5.11 Å². The number of rotatable bonds is 2. The van der Waals surface area contributed by atoms with Gasteiger partial charge in [-0.1, -0.05) is 35.9 Å². The van der Waals surface area contributed by atoms with Crippen LogP contribution >= 0.6 is 0 Å². The van der Waals surface area contributed by atoms with Crippen molar-refractivity contribution in [3.63, 3.8) is 0 Å². The van der Waals surface area contributed by atoms with Gasteiger partial charge in [0.15, 0.2) is 0 Å². The number of hydrogen-bond acceptors (Lipinski definition) is 1. The lowest BCUT2D eigenvalue weighted by molar-refractivity contribution is -0.0296. The number of fused-ring (bicyclic) bond motifs is 2. The Morgan fingerprint density at radius 2 is 1.88 bits per heavy atom. The summed E-state index contributed by atoms with van der Waals surface area (Å²) in [5.74, 6) is 2.15. The van der Waals surface area contributed by atoms with E-state index in [0.717, 1.165) is 27.6 Å². The summed E-state index contributed by atoms with van der Waals surface area (Å²) in [6.45, 7) is 2.03. The lowest BCUT2D eigenvalue weighted by atomic mass is 9.74. The van der Waals surface area contributed by atoms with Gasteiger partial charge in [0, 0.05) is 10.2 Å². The first-order valence-corrected chi connectivity index (χ1v) is 7.87. The SMILES string of the molecule is CC(O)(c1ccc([SiH3])cc1)C1CC2CCC1C2. The molecule has 2 aliphatic rings. The molecule has 2 bridgehead atoms. The van der Waals surface area contributed by atoms with E-state index in [1.807, 2.05) is 6.92 Å². The summed E-state index contributed by atoms with van der Waals surface area (Å²) in [5.41, 5.74) is 0.504. The van der Waals surface area contributed by atoms with E-state index in [0.29, 0.717) is 5.92 Å². The van der Waals surface area contributed by atoms with Crippen LogP contribution in [0.2, 0.25) is 0 Å². The molecule has 2 fully saturated rings. The molecule has 92 valence electrons. The molecular weight excluding hydrogens is 224 g/mol. The molecule has 0 aliphatic heterocycles. The molecule has 1 aromatic carbocycles. The van der Waals surface area contributed by atoms with Crippen LogP contribution in [-0.4, -0.2) is 15.3 Å². The Morgan fingerprint density at radius 3 is 2.41 bits per heavy atom. The predicted molar refractivity (Wildman–Crippen MR) is 74.5 cm³/mol. The average molecular weight is 246 g/mol. The fraction of sp³-hybridized carbons (Fsp3) is 0.600. The normalized spacial score (nSPS) is 35.1. The van der Waals surface area contributed by atoms with Gasteiger partial charge in [-0.2, -0.15) is 0 Å². The van der Waals surface area contributed by atoms with Crippen molar-refractivity contribution in [2.75, 3.05) is 0 Å². The molecule has 2 saturated carbocycles. The zero-order valence-electron chi connectivity index (χ0n) is 10.8. The molecule has 0 spiro atoms. The summed E-state index contributed by atoms with van der Waals surface area (Å²) in [4.78, 5) is 0. The maximum Gasteiger partial charge on any atom is 0.0899 e. The number of benzene rings is 1. The Labute approximate surface area is 107 Å². The average Bonchev–Trinajstić information content (AvgIpc) is 2.91. The third-order valence-electron chi connectivity index (χ3n) is 5.10.